The fourth-order valence-electron chi connectivity index (χ4n) is 3.73. The standard InChI is InChI=1S/C19H29NO2/c1-4-5-9-12-19(18(21)22-3)15-20(13-16(19)2)14-17-10-7-6-8-11-17/h6-8,10-11,16H,4-5,9,12-15H2,1-3H3/t16-,19+/m1/s1. The Morgan fingerprint density at radius 2 is 2.05 bits per heavy atom. The number of nitrogens with zero attached hydrogens (tertiary/aromatic N) is 1. The van der Waals surface area contributed by atoms with Crippen molar-refractivity contribution < 1.29 is 9.53 Å². The molecule has 0 amide bonds. The Balaban J connectivity index is 2.08. The first-order chi connectivity index (χ1) is 10.6. The van der Waals surface area contributed by atoms with E-state index >= 15 is 0 Å². The van der Waals surface area contributed by atoms with E-state index in [1.54, 1.807) is 0 Å². The summed E-state index contributed by atoms with van der Waals surface area (Å²) in [6.45, 7) is 7.10. The number of unbranched alkanes of at least 4 members (excludes halogenated alkanes) is 2. The lowest BCUT2D eigenvalue weighted by molar-refractivity contribution is -0.154. The zero-order chi connectivity index (χ0) is 16.0. The first kappa shape index (κ1) is 17.0. The Hall–Kier alpha value is -1.35. The van der Waals surface area contributed by atoms with Crippen molar-refractivity contribution in [2.45, 2.75) is 46.1 Å². The van der Waals surface area contributed by atoms with Gasteiger partial charge in [0.05, 0.1) is 12.5 Å². The van der Waals surface area contributed by atoms with Crippen LogP contribution in [0.1, 0.15) is 45.1 Å². The number of likely N-dealkylation sites (tertiary alicyclic amines) is 1. The molecule has 0 spiro atoms. The molecule has 2 rings (SSSR count). The summed E-state index contributed by atoms with van der Waals surface area (Å²) in [6, 6.07) is 10.5. The molecule has 0 aromatic heterocycles. The second-order valence-electron chi connectivity index (χ2n) is 6.66. The maximum absolute atomic E-state index is 12.5. The van der Waals surface area contributed by atoms with Crippen LogP contribution < -0.4 is 0 Å². The van der Waals surface area contributed by atoms with Crippen molar-refractivity contribution >= 4 is 5.97 Å². The van der Waals surface area contributed by atoms with Crippen molar-refractivity contribution in [2.24, 2.45) is 11.3 Å². The van der Waals surface area contributed by atoms with Crippen LogP contribution in [0.2, 0.25) is 0 Å². The second kappa shape index (κ2) is 7.77. The first-order valence-electron chi connectivity index (χ1n) is 8.47. The molecule has 1 aromatic carbocycles. The summed E-state index contributed by atoms with van der Waals surface area (Å²) in [7, 11) is 1.52. The topological polar surface area (TPSA) is 29.5 Å². The molecule has 0 aliphatic carbocycles. The van der Waals surface area contributed by atoms with Crippen LogP contribution in [-0.4, -0.2) is 31.1 Å². The third-order valence-electron chi connectivity index (χ3n) is 5.05. The number of rotatable bonds is 7. The Morgan fingerprint density at radius 1 is 1.32 bits per heavy atom. The average Bonchev–Trinajstić information content (AvgIpc) is 2.84. The predicted molar refractivity (Wildman–Crippen MR) is 89.5 cm³/mol. The lowest BCUT2D eigenvalue weighted by Gasteiger charge is -2.30. The molecule has 3 nitrogen and oxygen atoms in total. The number of ether oxygens (including phenoxy) is 1. The Morgan fingerprint density at radius 3 is 2.68 bits per heavy atom. The molecular weight excluding hydrogens is 274 g/mol. The molecule has 122 valence electrons. The smallest absolute Gasteiger partial charge is 0.313 e. The van der Waals surface area contributed by atoms with Gasteiger partial charge in [-0.1, -0.05) is 63.4 Å². The van der Waals surface area contributed by atoms with Crippen LogP contribution >= 0.6 is 0 Å². The average molecular weight is 303 g/mol. The number of carbonyl (C=O) groups is 1. The number of hydrogen-bond acceptors (Lipinski definition) is 3. The maximum Gasteiger partial charge on any atom is 0.313 e. The van der Waals surface area contributed by atoms with Gasteiger partial charge in [0.15, 0.2) is 0 Å². The highest BCUT2D eigenvalue weighted by molar-refractivity contribution is 5.78. The van der Waals surface area contributed by atoms with E-state index in [4.69, 9.17) is 4.74 Å². The zero-order valence-corrected chi connectivity index (χ0v) is 14.2. The fraction of sp³-hybridized carbons (Fsp3) is 0.632. The normalized spacial score (nSPS) is 25.3. The lowest BCUT2D eigenvalue weighted by atomic mass is 9.75. The van der Waals surface area contributed by atoms with Gasteiger partial charge in [-0.15, -0.1) is 0 Å². The number of methoxy groups -OCH3 is 1. The summed E-state index contributed by atoms with van der Waals surface area (Å²) in [5.74, 6) is 0.326. The first-order valence-corrected chi connectivity index (χ1v) is 8.47. The highest BCUT2D eigenvalue weighted by Crippen LogP contribution is 2.42. The van der Waals surface area contributed by atoms with Crippen LogP contribution in [0, 0.1) is 11.3 Å². The second-order valence-corrected chi connectivity index (χ2v) is 6.66. The number of carbonyl (C=O) groups excluding carboxylic acids is 1. The van der Waals surface area contributed by atoms with Gasteiger partial charge < -0.3 is 4.74 Å². The molecule has 0 saturated carbocycles. The van der Waals surface area contributed by atoms with Crippen LogP contribution in [0.15, 0.2) is 30.3 Å². The minimum absolute atomic E-state index is 0.0216. The molecular formula is C19H29NO2. The number of benzene rings is 1. The minimum atomic E-state index is -0.321. The van der Waals surface area contributed by atoms with Gasteiger partial charge in [-0.05, 0) is 17.9 Å². The molecule has 1 aliphatic heterocycles. The van der Waals surface area contributed by atoms with Gasteiger partial charge in [-0.25, -0.2) is 0 Å². The van der Waals surface area contributed by atoms with E-state index in [1.807, 2.05) is 6.07 Å². The van der Waals surface area contributed by atoms with Crippen LogP contribution in [0.4, 0.5) is 0 Å². The molecule has 1 aromatic rings. The van der Waals surface area contributed by atoms with Crippen molar-refractivity contribution in [2.75, 3.05) is 20.2 Å². The van der Waals surface area contributed by atoms with E-state index in [9.17, 15) is 4.79 Å². The quantitative estimate of drug-likeness (QED) is 0.565. The van der Waals surface area contributed by atoms with Gasteiger partial charge in [0.1, 0.15) is 0 Å². The third kappa shape index (κ3) is 3.70. The Bertz CT molecular complexity index is 474. The summed E-state index contributed by atoms with van der Waals surface area (Å²) in [6.07, 6.45) is 4.42. The minimum Gasteiger partial charge on any atom is -0.469 e. The zero-order valence-electron chi connectivity index (χ0n) is 14.2. The van der Waals surface area contributed by atoms with Crippen LogP contribution in [0.25, 0.3) is 0 Å². The van der Waals surface area contributed by atoms with E-state index in [0.717, 1.165) is 32.5 Å². The van der Waals surface area contributed by atoms with Crippen LogP contribution in [0.5, 0.6) is 0 Å². The van der Waals surface area contributed by atoms with Gasteiger partial charge >= 0.3 is 5.97 Å². The molecule has 22 heavy (non-hydrogen) atoms. The van der Waals surface area contributed by atoms with Gasteiger partial charge in [-0.3, -0.25) is 9.69 Å². The fourth-order valence-corrected chi connectivity index (χ4v) is 3.73. The van der Waals surface area contributed by atoms with E-state index in [2.05, 4.69) is 43.0 Å². The van der Waals surface area contributed by atoms with Crippen LogP contribution in [0.3, 0.4) is 0 Å². The van der Waals surface area contributed by atoms with Gasteiger partial charge in [0, 0.05) is 19.6 Å². The van der Waals surface area contributed by atoms with Crippen molar-refractivity contribution in [1.29, 1.82) is 0 Å². The van der Waals surface area contributed by atoms with Gasteiger partial charge in [-0.2, -0.15) is 0 Å². The lowest BCUT2D eigenvalue weighted by Crippen LogP contribution is -2.39. The highest BCUT2D eigenvalue weighted by Gasteiger charge is 2.50. The van der Waals surface area contributed by atoms with Crippen molar-refractivity contribution in [3.05, 3.63) is 35.9 Å². The SMILES string of the molecule is CCCCC[C@]1(C(=O)OC)CN(Cc2ccccc2)C[C@H]1C. The highest BCUT2D eigenvalue weighted by atomic mass is 16.5. The summed E-state index contributed by atoms with van der Waals surface area (Å²) in [4.78, 5) is 14.9. The molecule has 0 radical (unpaired) electrons. The summed E-state index contributed by atoms with van der Waals surface area (Å²) < 4.78 is 5.17. The predicted octanol–water partition coefficient (Wildman–Crippen LogP) is 3.88. The number of hydrogen-bond donors (Lipinski definition) is 0. The van der Waals surface area contributed by atoms with E-state index in [-0.39, 0.29) is 11.4 Å². The summed E-state index contributed by atoms with van der Waals surface area (Å²) in [5.41, 5.74) is 0.988. The third-order valence-corrected chi connectivity index (χ3v) is 5.05. The van der Waals surface area contributed by atoms with Crippen LogP contribution in [-0.2, 0) is 16.1 Å². The van der Waals surface area contributed by atoms with E-state index in [1.165, 1.54) is 25.5 Å². The largest absolute Gasteiger partial charge is 0.469 e. The maximum atomic E-state index is 12.5. The van der Waals surface area contributed by atoms with E-state index < -0.39 is 0 Å². The molecule has 1 fully saturated rings. The molecule has 0 N–H and O–H groups in total. The Labute approximate surface area is 134 Å². The molecule has 0 unspecified atom stereocenters. The van der Waals surface area contributed by atoms with Crippen molar-refractivity contribution in [3.8, 4) is 0 Å². The van der Waals surface area contributed by atoms with Crippen molar-refractivity contribution in [1.82, 2.24) is 4.90 Å². The van der Waals surface area contributed by atoms with Gasteiger partial charge in [0.2, 0.25) is 0 Å². The molecule has 1 saturated heterocycles. The molecule has 2 atom stereocenters. The molecule has 1 aliphatic rings. The monoisotopic (exact) mass is 303 g/mol. The van der Waals surface area contributed by atoms with Gasteiger partial charge in [0.25, 0.3) is 0 Å². The molecule has 3 heteroatoms. The Kier molecular flexibility index (Phi) is 6.01. The number of esters is 1. The molecule has 1 heterocycles. The van der Waals surface area contributed by atoms with E-state index in [0.29, 0.717) is 5.92 Å². The van der Waals surface area contributed by atoms with Crippen molar-refractivity contribution in [3.63, 3.8) is 0 Å². The molecule has 0 bridgehead atoms. The summed E-state index contributed by atoms with van der Waals surface area (Å²) >= 11 is 0. The summed E-state index contributed by atoms with van der Waals surface area (Å²) in [5, 5.41) is 0.